The van der Waals surface area contributed by atoms with Crippen LogP contribution >= 0.6 is 22.6 Å². The summed E-state index contributed by atoms with van der Waals surface area (Å²) >= 11 is 1.91. The van der Waals surface area contributed by atoms with Crippen LogP contribution in [0, 0.1) is 46.5 Å². The minimum atomic E-state index is -2.23. The van der Waals surface area contributed by atoms with Gasteiger partial charge < -0.3 is 5.32 Å². The molecule has 0 aliphatic heterocycles. The van der Waals surface area contributed by atoms with Gasteiger partial charge in [-0.15, -0.1) is 0 Å². The number of halogens is 6. The summed E-state index contributed by atoms with van der Waals surface area (Å²) in [6, 6.07) is 0. The number of aromatic amines is 1. The number of aryl methyl sites for hydroxylation is 1. The first-order valence-electron chi connectivity index (χ1n) is 7.68. The lowest BCUT2D eigenvalue weighted by Crippen LogP contribution is -2.15. The second-order valence-electron chi connectivity index (χ2n) is 5.80. The van der Waals surface area contributed by atoms with E-state index in [0.29, 0.717) is 9.26 Å². The van der Waals surface area contributed by atoms with Gasteiger partial charge in [-0.25, -0.2) is 22.0 Å². The highest BCUT2D eigenvalue weighted by molar-refractivity contribution is 14.1. The van der Waals surface area contributed by atoms with E-state index in [1.807, 2.05) is 22.6 Å². The normalized spacial score (nSPS) is 11.1. The van der Waals surface area contributed by atoms with Crippen LogP contribution in [0.5, 0.6) is 0 Å². The highest BCUT2D eigenvalue weighted by atomic mass is 127. The second-order valence-corrected chi connectivity index (χ2v) is 6.96. The van der Waals surface area contributed by atoms with Crippen LogP contribution in [0.1, 0.15) is 27.4 Å². The number of amides is 1. The van der Waals surface area contributed by atoms with E-state index in [4.69, 9.17) is 0 Å². The number of hydrogen-bond donors (Lipinski definition) is 2. The third kappa shape index (κ3) is 3.36. The summed E-state index contributed by atoms with van der Waals surface area (Å²) in [6.45, 7) is 2.30. The Morgan fingerprint density at radius 3 is 2.21 bits per heavy atom. The van der Waals surface area contributed by atoms with E-state index in [1.54, 1.807) is 0 Å². The number of benzene rings is 1. The zero-order chi connectivity index (χ0) is 20.7. The molecule has 0 bridgehead atoms. The molecule has 3 aromatic rings. The molecule has 28 heavy (non-hydrogen) atoms. The molecule has 0 saturated heterocycles. The molecular formula is C16H11F5IN5O. The van der Waals surface area contributed by atoms with E-state index in [-0.39, 0.29) is 17.1 Å². The van der Waals surface area contributed by atoms with Gasteiger partial charge in [-0.05, 0) is 36.4 Å². The third-order valence-corrected chi connectivity index (χ3v) is 4.87. The summed E-state index contributed by atoms with van der Waals surface area (Å²) in [4.78, 5) is 12.3. The van der Waals surface area contributed by atoms with Crippen LogP contribution in [0.15, 0.2) is 6.20 Å². The monoisotopic (exact) mass is 511 g/mol. The summed E-state index contributed by atoms with van der Waals surface area (Å²) in [7, 11) is 0. The van der Waals surface area contributed by atoms with E-state index in [0.717, 1.165) is 4.68 Å². The van der Waals surface area contributed by atoms with Crippen LogP contribution in [-0.4, -0.2) is 25.9 Å². The molecular weight excluding hydrogens is 500 g/mol. The molecule has 0 radical (unpaired) electrons. The topological polar surface area (TPSA) is 75.6 Å². The number of H-pyrrole nitrogens is 1. The molecule has 2 N–H and O–H groups in total. The molecule has 12 heteroatoms. The van der Waals surface area contributed by atoms with E-state index >= 15 is 0 Å². The predicted octanol–water partition coefficient (Wildman–Crippen LogP) is 3.82. The first-order chi connectivity index (χ1) is 13.1. The Bertz CT molecular complexity index is 1060. The van der Waals surface area contributed by atoms with Crippen LogP contribution in [0.3, 0.4) is 0 Å². The Morgan fingerprint density at radius 1 is 1.11 bits per heavy atom. The van der Waals surface area contributed by atoms with Gasteiger partial charge in [0.1, 0.15) is 5.69 Å². The van der Waals surface area contributed by atoms with Crippen molar-refractivity contribution in [3.8, 4) is 0 Å². The maximum Gasteiger partial charge on any atom is 0.274 e. The fraction of sp³-hybridized carbons (Fsp3) is 0.188. The summed E-state index contributed by atoms with van der Waals surface area (Å²) in [6.07, 6.45) is 1.45. The van der Waals surface area contributed by atoms with Crippen LogP contribution in [0.25, 0.3) is 0 Å². The van der Waals surface area contributed by atoms with Gasteiger partial charge in [0.15, 0.2) is 23.3 Å². The Kier molecular flexibility index (Phi) is 5.41. The molecule has 0 atom stereocenters. The van der Waals surface area contributed by atoms with Gasteiger partial charge in [-0.3, -0.25) is 14.6 Å². The van der Waals surface area contributed by atoms with E-state index in [1.165, 1.54) is 20.0 Å². The Hall–Kier alpha value is -2.51. The average molecular weight is 511 g/mol. The number of carbonyl (C=O) groups is 1. The van der Waals surface area contributed by atoms with Crippen LogP contribution in [-0.2, 0) is 6.54 Å². The molecule has 2 aromatic heterocycles. The lowest BCUT2D eigenvalue weighted by atomic mass is 10.1. The van der Waals surface area contributed by atoms with Crippen molar-refractivity contribution in [2.24, 2.45) is 0 Å². The zero-order valence-corrected chi connectivity index (χ0v) is 16.5. The number of nitrogens with one attached hydrogen (secondary N) is 2. The Morgan fingerprint density at radius 2 is 1.68 bits per heavy atom. The number of rotatable bonds is 4. The second kappa shape index (κ2) is 7.48. The smallest absolute Gasteiger partial charge is 0.274 e. The van der Waals surface area contributed by atoms with Crippen molar-refractivity contribution in [1.29, 1.82) is 0 Å². The fourth-order valence-electron chi connectivity index (χ4n) is 2.58. The summed E-state index contributed by atoms with van der Waals surface area (Å²) in [5, 5.41) is 12.9. The molecule has 0 aliphatic carbocycles. The molecule has 1 amide bonds. The van der Waals surface area contributed by atoms with Crippen LogP contribution < -0.4 is 5.32 Å². The van der Waals surface area contributed by atoms with E-state index < -0.39 is 47.1 Å². The van der Waals surface area contributed by atoms with Gasteiger partial charge in [0.2, 0.25) is 5.82 Å². The first-order valence-corrected chi connectivity index (χ1v) is 8.75. The highest BCUT2D eigenvalue weighted by Crippen LogP contribution is 2.26. The number of carbonyl (C=O) groups excluding carboxylic acids is 1. The summed E-state index contributed by atoms with van der Waals surface area (Å²) in [5.74, 6) is -10.7. The molecule has 0 fully saturated rings. The van der Waals surface area contributed by atoms with Gasteiger partial charge in [0.25, 0.3) is 5.91 Å². The Balaban J connectivity index is 1.96. The molecule has 3 rings (SSSR count). The molecule has 2 heterocycles. The molecule has 0 unspecified atom stereocenters. The van der Waals surface area contributed by atoms with Gasteiger partial charge in [0, 0.05) is 0 Å². The quantitative estimate of drug-likeness (QED) is 0.242. The van der Waals surface area contributed by atoms with E-state index in [2.05, 4.69) is 20.6 Å². The molecule has 0 spiro atoms. The lowest BCUT2D eigenvalue weighted by Gasteiger charge is -2.10. The average Bonchev–Trinajstić information content (AvgIpc) is 3.20. The minimum absolute atomic E-state index is 0.201. The van der Waals surface area contributed by atoms with Crippen molar-refractivity contribution < 1.29 is 26.7 Å². The standard InChI is InChI=1S/C16H11F5IN5O/c1-5-14(24-16(28)15-8(22)3-23-25-15)6(2)27(26-5)4-7-9(17)11(19)13(21)12(20)10(7)18/h3H,4H2,1-2H3,(H,23,25)(H,24,28). The molecule has 148 valence electrons. The molecule has 6 nitrogen and oxygen atoms in total. The van der Waals surface area contributed by atoms with Crippen molar-refractivity contribution in [2.75, 3.05) is 5.32 Å². The molecule has 0 saturated carbocycles. The first kappa shape index (κ1) is 20.2. The number of nitrogens with zero attached hydrogens (tertiary/aromatic N) is 3. The third-order valence-electron chi connectivity index (χ3n) is 4.05. The van der Waals surface area contributed by atoms with Crippen molar-refractivity contribution in [3.63, 3.8) is 0 Å². The van der Waals surface area contributed by atoms with Gasteiger partial charge in [0.05, 0.1) is 39.0 Å². The van der Waals surface area contributed by atoms with Crippen molar-refractivity contribution >= 4 is 34.2 Å². The minimum Gasteiger partial charge on any atom is -0.317 e. The van der Waals surface area contributed by atoms with Crippen molar-refractivity contribution in [2.45, 2.75) is 20.4 Å². The lowest BCUT2D eigenvalue weighted by molar-refractivity contribution is 0.102. The highest BCUT2D eigenvalue weighted by Gasteiger charge is 2.27. The fourth-order valence-corrected chi connectivity index (χ4v) is 3.08. The summed E-state index contributed by atoms with van der Waals surface area (Å²) < 4.78 is 69.4. The number of anilines is 1. The maximum absolute atomic E-state index is 13.9. The van der Waals surface area contributed by atoms with Crippen LogP contribution in [0.2, 0.25) is 0 Å². The maximum atomic E-state index is 13.9. The summed E-state index contributed by atoms with van der Waals surface area (Å²) in [5.41, 5.74) is -0.0114. The SMILES string of the molecule is Cc1nn(Cc2c(F)c(F)c(F)c(F)c2F)c(C)c1NC(=O)c1[nH]ncc1I. The van der Waals surface area contributed by atoms with Gasteiger partial charge in [-0.2, -0.15) is 10.2 Å². The van der Waals surface area contributed by atoms with E-state index in [9.17, 15) is 26.7 Å². The molecule has 0 aliphatic rings. The zero-order valence-electron chi connectivity index (χ0n) is 14.3. The van der Waals surface area contributed by atoms with Crippen LogP contribution in [0.4, 0.5) is 27.6 Å². The number of hydrogen-bond acceptors (Lipinski definition) is 3. The van der Waals surface area contributed by atoms with Crippen molar-refractivity contribution in [1.82, 2.24) is 20.0 Å². The Labute approximate surface area is 168 Å². The number of aromatic nitrogens is 4. The van der Waals surface area contributed by atoms with Gasteiger partial charge >= 0.3 is 0 Å². The largest absolute Gasteiger partial charge is 0.317 e. The molecule has 1 aromatic carbocycles. The van der Waals surface area contributed by atoms with Gasteiger partial charge in [-0.1, -0.05) is 0 Å². The van der Waals surface area contributed by atoms with Crippen molar-refractivity contribution in [3.05, 3.63) is 61.5 Å². The predicted molar refractivity (Wildman–Crippen MR) is 96.3 cm³/mol.